The van der Waals surface area contributed by atoms with Gasteiger partial charge in [0.25, 0.3) is 0 Å². The van der Waals surface area contributed by atoms with Gasteiger partial charge >= 0.3 is 5.97 Å². The molecule has 2 aromatic carbocycles. The summed E-state index contributed by atoms with van der Waals surface area (Å²) in [5.41, 5.74) is 9.22. The summed E-state index contributed by atoms with van der Waals surface area (Å²) in [6, 6.07) is 14.7. The van der Waals surface area contributed by atoms with Gasteiger partial charge in [-0.2, -0.15) is 5.21 Å². The van der Waals surface area contributed by atoms with E-state index in [1.165, 1.54) is 4.90 Å². The average molecular weight is 465 g/mol. The van der Waals surface area contributed by atoms with E-state index in [2.05, 4.69) is 20.6 Å². The molecule has 0 fully saturated rings. The highest BCUT2D eigenvalue weighted by atomic mass is 16.4. The molecule has 3 rings (SSSR count). The number of rotatable bonds is 13. The number of aromatic amines is 1. The van der Waals surface area contributed by atoms with Gasteiger partial charge in [0, 0.05) is 18.5 Å². The van der Waals surface area contributed by atoms with Gasteiger partial charge in [0.05, 0.1) is 0 Å². The van der Waals surface area contributed by atoms with E-state index in [1.54, 1.807) is 0 Å². The fourth-order valence-electron chi connectivity index (χ4n) is 3.93. The number of nitrogens with zero attached hydrogens (tertiary/aromatic N) is 4. The molecule has 0 aliphatic heterocycles. The number of hydrogen-bond donors (Lipinski definition) is 3. The van der Waals surface area contributed by atoms with Crippen molar-refractivity contribution in [2.45, 2.75) is 58.0 Å². The van der Waals surface area contributed by atoms with E-state index in [0.29, 0.717) is 31.6 Å². The van der Waals surface area contributed by atoms with E-state index in [1.807, 2.05) is 55.5 Å². The van der Waals surface area contributed by atoms with Crippen LogP contribution in [0.5, 0.6) is 0 Å². The van der Waals surface area contributed by atoms with Crippen molar-refractivity contribution in [3.63, 3.8) is 0 Å². The Labute approximate surface area is 199 Å². The molecular weight excluding hydrogens is 432 g/mol. The van der Waals surface area contributed by atoms with Crippen molar-refractivity contribution in [3.05, 3.63) is 54.1 Å². The second-order valence-electron chi connectivity index (χ2n) is 8.24. The minimum Gasteiger partial charge on any atom is -0.480 e. The van der Waals surface area contributed by atoms with Crippen molar-refractivity contribution < 1.29 is 14.7 Å². The number of unbranched alkanes of at least 4 members (excludes halogenated alkanes) is 2. The molecule has 0 saturated carbocycles. The molecule has 4 N–H and O–H groups in total. The normalized spacial score (nSPS) is 11.8. The van der Waals surface area contributed by atoms with Crippen LogP contribution in [0, 0.1) is 0 Å². The number of carboxylic acids is 1. The number of amides is 1. The van der Waals surface area contributed by atoms with Gasteiger partial charge in [0.2, 0.25) is 11.7 Å². The van der Waals surface area contributed by atoms with Gasteiger partial charge in [-0.1, -0.05) is 61.9 Å². The number of carbonyl (C=O) groups excluding carboxylic acids is 1. The van der Waals surface area contributed by atoms with E-state index >= 15 is 0 Å². The second-order valence-corrected chi connectivity index (χ2v) is 8.24. The van der Waals surface area contributed by atoms with Crippen LogP contribution >= 0.6 is 0 Å². The zero-order chi connectivity index (χ0) is 24.3. The average Bonchev–Trinajstić information content (AvgIpc) is 3.39. The molecule has 1 amide bonds. The molecule has 1 unspecified atom stereocenters. The van der Waals surface area contributed by atoms with Crippen molar-refractivity contribution in [2.75, 3.05) is 6.54 Å². The summed E-state index contributed by atoms with van der Waals surface area (Å²) in [6.07, 6.45) is 3.73. The van der Waals surface area contributed by atoms with Crippen molar-refractivity contribution in [2.24, 2.45) is 5.73 Å². The third kappa shape index (κ3) is 6.48. The summed E-state index contributed by atoms with van der Waals surface area (Å²) in [5.74, 6) is -0.602. The lowest BCUT2D eigenvalue weighted by atomic mass is 9.98. The van der Waals surface area contributed by atoms with Crippen LogP contribution in [0.15, 0.2) is 48.5 Å². The topological polar surface area (TPSA) is 138 Å². The monoisotopic (exact) mass is 464 g/mol. The Bertz CT molecular complexity index is 1050. The largest absolute Gasteiger partial charge is 0.480 e. The number of nitrogens with two attached hydrogens (primary N) is 1. The van der Waals surface area contributed by atoms with Crippen LogP contribution < -0.4 is 5.73 Å². The summed E-state index contributed by atoms with van der Waals surface area (Å²) < 4.78 is 0. The van der Waals surface area contributed by atoms with Crippen molar-refractivity contribution in [1.82, 2.24) is 25.5 Å². The molecule has 9 nitrogen and oxygen atoms in total. The third-order valence-electron chi connectivity index (χ3n) is 5.79. The highest BCUT2D eigenvalue weighted by Crippen LogP contribution is 2.30. The third-order valence-corrected chi connectivity index (χ3v) is 5.79. The predicted molar refractivity (Wildman–Crippen MR) is 129 cm³/mol. The fourth-order valence-corrected chi connectivity index (χ4v) is 3.93. The molecule has 9 heteroatoms. The van der Waals surface area contributed by atoms with Crippen molar-refractivity contribution in [1.29, 1.82) is 0 Å². The first-order valence-electron chi connectivity index (χ1n) is 11.7. The smallest absolute Gasteiger partial charge is 0.326 e. The van der Waals surface area contributed by atoms with Crippen molar-refractivity contribution in [3.8, 4) is 22.5 Å². The molecule has 0 spiro atoms. The quantitative estimate of drug-likeness (QED) is 0.328. The SMILES string of the molecule is CCCCC(=O)N(Cc1ccc(-c2ccccc2-c2nn[nH]n2)cc1)C(CCCCN)C(=O)O. The predicted octanol–water partition coefficient (Wildman–Crippen LogP) is 3.63. The van der Waals surface area contributed by atoms with Gasteiger partial charge in [0.1, 0.15) is 6.04 Å². The van der Waals surface area contributed by atoms with E-state index in [0.717, 1.165) is 41.5 Å². The molecule has 1 atom stereocenters. The number of carboxylic acid groups (broad SMARTS) is 1. The number of aliphatic carboxylic acids is 1. The molecule has 1 aromatic heterocycles. The van der Waals surface area contributed by atoms with Crippen LogP contribution in [-0.4, -0.2) is 55.1 Å². The molecule has 0 aliphatic carbocycles. The van der Waals surface area contributed by atoms with Gasteiger partial charge in [-0.15, -0.1) is 10.2 Å². The lowest BCUT2D eigenvalue weighted by molar-refractivity contribution is -0.151. The van der Waals surface area contributed by atoms with Crippen LogP contribution in [0.25, 0.3) is 22.5 Å². The number of aromatic nitrogens is 4. The van der Waals surface area contributed by atoms with E-state index in [-0.39, 0.29) is 12.5 Å². The molecule has 180 valence electrons. The first-order valence-corrected chi connectivity index (χ1v) is 11.7. The minimum atomic E-state index is -0.979. The maximum atomic E-state index is 13.0. The maximum absolute atomic E-state index is 13.0. The van der Waals surface area contributed by atoms with Gasteiger partial charge in [-0.25, -0.2) is 4.79 Å². The number of tetrazole rings is 1. The van der Waals surface area contributed by atoms with Gasteiger partial charge in [-0.05, 0) is 54.1 Å². The van der Waals surface area contributed by atoms with Crippen molar-refractivity contribution >= 4 is 11.9 Å². The van der Waals surface area contributed by atoms with Crippen LogP contribution in [0.3, 0.4) is 0 Å². The Balaban J connectivity index is 1.83. The Morgan fingerprint density at radius 2 is 1.79 bits per heavy atom. The Morgan fingerprint density at radius 1 is 1.06 bits per heavy atom. The number of benzene rings is 2. The first kappa shape index (κ1) is 25.0. The summed E-state index contributed by atoms with van der Waals surface area (Å²) in [5, 5.41) is 24.2. The highest BCUT2D eigenvalue weighted by Gasteiger charge is 2.29. The van der Waals surface area contributed by atoms with E-state index in [4.69, 9.17) is 5.73 Å². The molecule has 0 bridgehead atoms. The van der Waals surface area contributed by atoms with Gasteiger partial charge in [0.15, 0.2) is 0 Å². The van der Waals surface area contributed by atoms with Crippen LogP contribution in [0.2, 0.25) is 0 Å². The zero-order valence-electron chi connectivity index (χ0n) is 19.5. The molecular formula is C25H32N6O3. The molecule has 34 heavy (non-hydrogen) atoms. The minimum absolute atomic E-state index is 0.131. The zero-order valence-corrected chi connectivity index (χ0v) is 19.5. The van der Waals surface area contributed by atoms with Crippen LogP contribution in [-0.2, 0) is 16.1 Å². The number of H-pyrrole nitrogens is 1. The second kappa shape index (κ2) is 12.6. The first-order chi connectivity index (χ1) is 16.5. The summed E-state index contributed by atoms with van der Waals surface area (Å²) in [7, 11) is 0. The molecule has 0 saturated heterocycles. The standard InChI is InChI=1S/C25H32N6O3/c1-2-3-11-23(32)31(22(25(33)34)10-6-7-16-26)17-18-12-14-19(15-13-18)20-8-4-5-9-21(20)24-27-29-30-28-24/h4-5,8-9,12-15,22H,2-3,6-7,10-11,16-17,26H2,1H3,(H,33,34)(H,27,28,29,30). The number of hydrogen-bond acceptors (Lipinski definition) is 6. The highest BCUT2D eigenvalue weighted by molar-refractivity contribution is 5.84. The summed E-state index contributed by atoms with van der Waals surface area (Å²) in [6.45, 7) is 2.76. The van der Waals surface area contributed by atoms with Gasteiger partial charge < -0.3 is 15.7 Å². The number of carbonyl (C=O) groups is 2. The summed E-state index contributed by atoms with van der Waals surface area (Å²) >= 11 is 0. The molecule has 1 heterocycles. The maximum Gasteiger partial charge on any atom is 0.326 e. The Kier molecular flexibility index (Phi) is 9.28. The van der Waals surface area contributed by atoms with Gasteiger partial charge in [-0.3, -0.25) is 4.79 Å². The molecule has 0 aliphatic rings. The van der Waals surface area contributed by atoms with Crippen LogP contribution in [0.1, 0.15) is 51.0 Å². The van der Waals surface area contributed by atoms with Crippen LogP contribution in [0.4, 0.5) is 0 Å². The Morgan fingerprint density at radius 3 is 2.41 bits per heavy atom. The fraction of sp³-hybridized carbons (Fsp3) is 0.400. The lowest BCUT2D eigenvalue weighted by Gasteiger charge is -2.29. The van der Waals surface area contributed by atoms with E-state index in [9.17, 15) is 14.7 Å². The lowest BCUT2D eigenvalue weighted by Crippen LogP contribution is -2.44. The molecule has 0 radical (unpaired) electrons. The molecule has 3 aromatic rings. The number of nitrogens with one attached hydrogen (secondary N) is 1. The van der Waals surface area contributed by atoms with E-state index < -0.39 is 12.0 Å². The Hall–Kier alpha value is -3.59. The summed E-state index contributed by atoms with van der Waals surface area (Å²) in [4.78, 5) is 26.5.